The second-order valence-corrected chi connectivity index (χ2v) is 5.69. The van der Waals surface area contributed by atoms with Gasteiger partial charge in [0.25, 0.3) is 0 Å². The number of carbonyl (C=O) groups is 1. The van der Waals surface area contributed by atoms with Crippen LogP contribution in [0.4, 0.5) is 0 Å². The van der Waals surface area contributed by atoms with Gasteiger partial charge in [-0.3, -0.25) is 4.79 Å². The number of rotatable bonds is 4. The van der Waals surface area contributed by atoms with Crippen molar-refractivity contribution in [3.05, 3.63) is 0 Å². The molecule has 2 unspecified atom stereocenters. The molecule has 2 aliphatic rings. The lowest BCUT2D eigenvalue weighted by molar-refractivity contribution is -0.136. The zero-order valence-electron chi connectivity index (χ0n) is 10.2. The predicted molar refractivity (Wildman–Crippen MR) is 61.4 cm³/mol. The molecule has 0 radical (unpaired) electrons. The van der Waals surface area contributed by atoms with E-state index in [-0.39, 0.29) is 0 Å². The fourth-order valence-electron chi connectivity index (χ4n) is 2.99. The highest BCUT2D eigenvalue weighted by Gasteiger charge is 2.48. The lowest BCUT2D eigenvalue weighted by Crippen LogP contribution is -2.38. The van der Waals surface area contributed by atoms with Gasteiger partial charge in [-0.15, -0.1) is 0 Å². The lowest BCUT2D eigenvalue weighted by Gasteiger charge is -2.26. The van der Waals surface area contributed by atoms with E-state index in [4.69, 9.17) is 0 Å². The van der Waals surface area contributed by atoms with Gasteiger partial charge in [-0.2, -0.15) is 0 Å². The maximum atomic E-state index is 12.2. The molecule has 2 saturated carbocycles. The first kappa shape index (κ1) is 11.0. The summed E-state index contributed by atoms with van der Waals surface area (Å²) in [5.74, 6) is 3.21. The van der Waals surface area contributed by atoms with E-state index >= 15 is 0 Å². The molecule has 0 aromatic heterocycles. The molecule has 0 aromatic rings. The Balaban J connectivity index is 1.87. The Hall–Kier alpha value is -0.530. The molecular formula is C13H23NO. The number of nitrogens with zero attached hydrogens (tertiary/aromatic N) is 1. The predicted octanol–water partition coefficient (Wildman–Crippen LogP) is 2.54. The van der Waals surface area contributed by atoms with Gasteiger partial charge in [0.1, 0.15) is 0 Å². The minimum Gasteiger partial charge on any atom is -0.342 e. The lowest BCUT2D eigenvalue weighted by atomic mass is 10.0. The minimum absolute atomic E-state index is 0.368. The molecule has 2 atom stereocenters. The molecule has 0 spiro atoms. The van der Waals surface area contributed by atoms with Crippen LogP contribution in [-0.4, -0.2) is 23.9 Å². The number of hydrogen-bond acceptors (Lipinski definition) is 1. The summed E-state index contributed by atoms with van der Waals surface area (Å²) in [6.45, 7) is 8.27. The third kappa shape index (κ3) is 2.35. The van der Waals surface area contributed by atoms with Crippen LogP contribution in [0.2, 0.25) is 0 Å². The Labute approximate surface area is 93.0 Å². The Morgan fingerprint density at radius 1 is 1.27 bits per heavy atom. The van der Waals surface area contributed by atoms with E-state index in [1.54, 1.807) is 0 Å². The number of amides is 1. The summed E-state index contributed by atoms with van der Waals surface area (Å²) < 4.78 is 0. The van der Waals surface area contributed by atoms with Crippen LogP contribution in [-0.2, 0) is 4.79 Å². The van der Waals surface area contributed by atoms with Crippen molar-refractivity contribution in [2.24, 2.45) is 23.7 Å². The van der Waals surface area contributed by atoms with Crippen LogP contribution in [0.15, 0.2) is 0 Å². The van der Waals surface area contributed by atoms with Crippen molar-refractivity contribution < 1.29 is 4.79 Å². The molecule has 0 aromatic carbocycles. The van der Waals surface area contributed by atoms with Crippen molar-refractivity contribution in [1.29, 1.82) is 0 Å². The SMILES string of the molecule is CCN(CC(C)C)C(=O)C1CC2CC2C1. The molecule has 2 aliphatic carbocycles. The van der Waals surface area contributed by atoms with Gasteiger partial charge in [0.05, 0.1) is 0 Å². The monoisotopic (exact) mass is 209 g/mol. The highest BCUT2D eigenvalue weighted by atomic mass is 16.2. The summed E-state index contributed by atoms with van der Waals surface area (Å²) in [6.07, 6.45) is 3.76. The average molecular weight is 209 g/mol. The highest BCUT2D eigenvalue weighted by molar-refractivity contribution is 5.79. The number of hydrogen-bond donors (Lipinski definition) is 0. The van der Waals surface area contributed by atoms with Gasteiger partial charge >= 0.3 is 0 Å². The Morgan fingerprint density at radius 2 is 1.87 bits per heavy atom. The summed E-state index contributed by atoms with van der Waals surface area (Å²) in [7, 11) is 0. The van der Waals surface area contributed by atoms with Crippen LogP contribution in [0.5, 0.6) is 0 Å². The smallest absolute Gasteiger partial charge is 0.225 e. The standard InChI is InChI=1S/C13H23NO/c1-4-14(8-9(2)3)13(15)12-6-10-5-11(10)7-12/h9-12H,4-8H2,1-3H3. The first-order chi connectivity index (χ1) is 7.11. The van der Waals surface area contributed by atoms with Crippen LogP contribution in [0, 0.1) is 23.7 Å². The van der Waals surface area contributed by atoms with Crippen LogP contribution in [0.1, 0.15) is 40.0 Å². The molecular weight excluding hydrogens is 186 g/mol. The summed E-state index contributed by atoms with van der Waals surface area (Å²) in [5, 5.41) is 0. The molecule has 2 heteroatoms. The molecule has 0 bridgehead atoms. The molecule has 2 fully saturated rings. The molecule has 2 nitrogen and oxygen atoms in total. The summed E-state index contributed by atoms with van der Waals surface area (Å²) in [4.78, 5) is 14.3. The van der Waals surface area contributed by atoms with E-state index in [2.05, 4.69) is 25.7 Å². The van der Waals surface area contributed by atoms with E-state index in [1.165, 1.54) is 19.3 Å². The van der Waals surface area contributed by atoms with Gasteiger partial charge in [-0.05, 0) is 43.9 Å². The van der Waals surface area contributed by atoms with Gasteiger partial charge in [0.15, 0.2) is 0 Å². The van der Waals surface area contributed by atoms with Crippen LogP contribution >= 0.6 is 0 Å². The van der Waals surface area contributed by atoms with Gasteiger partial charge < -0.3 is 4.90 Å². The van der Waals surface area contributed by atoms with Crippen molar-refractivity contribution in [2.45, 2.75) is 40.0 Å². The fraction of sp³-hybridized carbons (Fsp3) is 0.923. The minimum atomic E-state index is 0.368. The molecule has 86 valence electrons. The molecule has 0 heterocycles. The Kier molecular flexibility index (Phi) is 3.03. The second kappa shape index (κ2) is 4.15. The molecule has 15 heavy (non-hydrogen) atoms. The zero-order chi connectivity index (χ0) is 11.0. The third-order valence-corrected chi connectivity index (χ3v) is 3.87. The summed E-state index contributed by atoms with van der Waals surface area (Å²) in [5.41, 5.74) is 0. The van der Waals surface area contributed by atoms with E-state index in [9.17, 15) is 4.79 Å². The molecule has 0 saturated heterocycles. The van der Waals surface area contributed by atoms with Crippen LogP contribution in [0.25, 0.3) is 0 Å². The van der Waals surface area contributed by atoms with Gasteiger partial charge in [0, 0.05) is 19.0 Å². The quantitative estimate of drug-likeness (QED) is 0.696. The number of carbonyl (C=O) groups excluding carboxylic acids is 1. The first-order valence-electron chi connectivity index (χ1n) is 6.40. The normalized spacial score (nSPS) is 32.9. The first-order valence-corrected chi connectivity index (χ1v) is 6.40. The molecule has 2 rings (SSSR count). The largest absolute Gasteiger partial charge is 0.342 e. The molecule has 1 amide bonds. The van der Waals surface area contributed by atoms with E-state index in [0.717, 1.165) is 24.9 Å². The van der Waals surface area contributed by atoms with E-state index in [0.29, 0.717) is 17.7 Å². The van der Waals surface area contributed by atoms with Gasteiger partial charge in [-0.1, -0.05) is 13.8 Å². The van der Waals surface area contributed by atoms with E-state index < -0.39 is 0 Å². The second-order valence-electron chi connectivity index (χ2n) is 5.69. The maximum absolute atomic E-state index is 12.2. The summed E-state index contributed by atoms with van der Waals surface area (Å²) in [6, 6.07) is 0. The topological polar surface area (TPSA) is 20.3 Å². The van der Waals surface area contributed by atoms with Gasteiger partial charge in [0.2, 0.25) is 5.91 Å². The average Bonchev–Trinajstić information content (AvgIpc) is 2.81. The third-order valence-electron chi connectivity index (χ3n) is 3.87. The highest BCUT2D eigenvalue weighted by Crippen LogP contribution is 2.54. The van der Waals surface area contributed by atoms with E-state index in [1.807, 2.05) is 0 Å². The van der Waals surface area contributed by atoms with Crippen LogP contribution in [0.3, 0.4) is 0 Å². The van der Waals surface area contributed by atoms with Crippen molar-refractivity contribution in [3.63, 3.8) is 0 Å². The maximum Gasteiger partial charge on any atom is 0.225 e. The van der Waals surface area contributed by atoms with Crippen molar-refractivity contribution in [3.8, 4) is 0 Å². The van der Waals surface area contributed by atoms with Crippen LogP contribution < -0.4 is 0 Å². The molecule has 0 N–H and O–H groups in total. The van der Waals surface area contributed by atoms with Crippen molar-refractivity contribution in [2.75, 3.05) is 13.1 Å². The zero-order valence-corrected chi connectivity index (χ0v) is 10.2. The van der Waals surface area contributed by atoms with Gasteiger partial charge in [-0.25, -0.2) is 0 Å². The molecule has 0 aliphatic heterocycles. The summed E-state index contributed by atoms with van der Waals surface area (Å²) >= 11 is 0. The number of fused-ring (bicyclic) bond motifs is 1. The van der Waals surface area contributed by atoms with Crippen molar-refractivity contribution in [1.82, 2.24) is 4.90 Å². The van der Waals surface area contributed by atoms with Crippen molar-refractivity contribution >= 4 is 5.91 Å². The Morgan fingerprint density at radius 3 is 2.33 bits per heavy atom. The fourth-order valence-corrected chi connectivity index (χ4v) is 2.99. The Bertz CT molecular complexity index is 239.